The van der Waals surface area contributed by atoms with Crippen molar-refractivity contribution in [2.75, 3.05) is 24.1 Å². The molecule has 0 radical (unpaired) electrons. The van der Waals surface area contributed by atoms with Gasteiger partial charge in [-0.05, 0) is 30.9 Å². The van der Waals surface area contributed by atoms with Crippen molar-refractivity contribution in [3.63, 3.8) is 0 Å². The molecule has 0 spiro atoms. The van der Waals surface area contributed by atoms with E-state index in [2.05, 4.69) is 23.5 Å². The molecule has 4 rings (SSSR count). The van der Waals surface area contributed by atoms with Gasteiger partial charge in [-0.3, -0.25) is 19.2 Å². The molecular weight excluding hydrogens is 552 g/mol. The molecule has 1 aliphatic carbocycles. The van der Waals surface area contributed by atoms with Crippen LogP contribution in [0.15, 0.2) is 65.1 Å². The molecule has 0 fully saturated rings. The third kappa shape index (κ3) is 7.20. The number of benzene rings is 2. The van der Waals surface area contributed by atoms with Gasteiger partial charge in [0.1, 0.15) is 11.1 Å². The zero-order valence-corrected chi connectivity index (χ0v) is 25.6. The number of carbonyl (C=O) groups excluding carboxylic acids is 2. The van der Waals surface area contributed by atoms with Crippen LogP contribution in [0.5, 0.6) is 5.95 Å². The Morgan fingerprint density at radius 2 is 1.57 bits per heavy atom. The van der Waals surface area contributed by atoms with Crippen LogP contribution in [0.1, 0.15) is 74.7 Å². The van der Waals surface area contributed by atoms with Gasteiger partial charge >= 0.3 is 5.95 Å². The van der Waals surface area contributed by atoms with Gasteiger partial charge in [0.15, 0.2) is 17.8 Å². The smallest absolute Gasteiger partial charge is 0.312 e. The third-order valence-electron chi connectivity index (χ3n) is 7.31. The Morgan fingerprint density at radius 1 is 0.976 bits per heavy atom. The van der Waals surface area contributed by atoms with Gasteiger partial charge in [-0.2, -0.15) is 0 Å². The van der Waals surface area contributed by atoms with Gasteiger partial charge in [0.25, 0.3) is 0 Å². The van der Waals surface area contributed by atoms with E-state index in [4.69, 9.17) is 9.15 Å². The fourth-order valence-corrected chi connectivity index (χ4v) is 5.74. The molecule has 8 nitrogen and oxygen atoms in total. The van der Waals surface area contributed by atoms with Gasteiger partial charge in [-0.1, -0.05) is 94.3 Å². The second-order valence-corrected chi connectivity index (χ2v) is 12.3. The molecule has 1 heterocycles. The van der Waals surface area contributed by atoms with Crippen molar-refractivity contribution in [2.24, 2.45) is 0 Å². The number of hydrogen-bond donors (Lipinski definition) is 1. The highest BCUT2D eigenvalue weighted by atomic mass is 32.2. The molecular formula is C33H40N2O6S. The molecule has 1 aromatic heterocycles. The topological polar surface area (TPSA) is 106 Å². The predicted octanol–water partition coefficient (Wildman–Crippen LogP) is 4.85. The van der Waals surface area contributed by atoms with Crippen molar-refractivity contribution >= 4 is 38.9 Å². The lowest BCUT2D eigenvalue weighted by atomic mass is 9.83. The summed E-state index contributed by atoms with van der Waals surface area (Å²) in [7, 11) is -3.84. The lowest BCUT2D eigenvalue weighted by Crippen LogP contribution is -2.40. The van der Waals surface area contributed by atoms with Gasteiger partial charge in [0, 0.05) is 18.7 Å². The number of hydrogen-bond acceptors (Lipinski definition) is 7. The largest absolute Gasteiger partial charge is 0.444 e. The van der Waals surface area contributed by atoms with Crippen molar-refractivity contribution in [3.8, 4) is 5.95 Å². The highest BCUT2D eigenvalue weighted by Gasteiger charge is 2.35. The van der Waals surface area contributed by atoms with Crippen molar-refractivity contribution in [1.29, 1.82) is 0 Å². The van der Waals surface area contributed by atoms with Gasteiger partial charge in [0.2, 0.25) is 10.0 Å². The van der Waals surface area contributed by atoms with Crippen LogP contribution in [0.25, 0.3) is 11.6 Å². The molecule has 224 valence electrons. The standard InChI is InChI=1S/C33H40N2O6S/c1-5-8-20-35(21-9-6-2)27(7-3)41-33-30(34-42(4,38)39)28-26(40-33)22-25(23-16-12-10-13-17-23)32(37)29(28)31(36)24-18-14-11-15-19-24/h10-19,22,25,27,34H,5-9,20-21H2,1-4H3. The molecule has 1 aliphatic rings. The summed E-state index contributed by atoms with van der Waals surface area (Å²) in [5.41, 5.74) is 1.05. The van der Waals surface area contributed by atoms with Crippen LogP contribution in [-0.4, -0.2) is 50.5 Å². The van der Waals surface area contributed by atoms with Gasteiger partial charge < -0.3 is 9.15 Å². The average Bonchev–Trinajstić information content (AvgIpc) is 3.31. The first-order chi connectivity index (χ1) is 20.2. The first-order valence-electron chi connectivity index (χ1n) is 14.6. The SMILES string of the molecule is CCCCN(CCCC)C(CC)Oc1oc2c(c1NS(C)(=O)=O)=C(C(=O)c1ccccc1)C(=O)C(c1ccccc1)C=2. The minimum Gasteiger partial charge on any atom is -0.444 e. The molecule has 1 N–H and O–H groups in total. The number of Topliss-reactive ketones (excluding diaryl/α,β-unsaturated/α-hetero) is 2. The van der Waals surface area contributed by atoms with Gasteiger partial charge in [-0.15, -0.1) is 0 Å². The quantitative estimate of drug-likeness (QED) is 0.199. The Labute approximate surface area is 248 Å². The summed E-state index contributed by atoms with van der Waals surface area (Å²) in [6.07, 6.45) is 6.88. The maximum Gasteiger partial charge on any atom is 0.312 e. The fourth-order valence-electron chi connectivity index (χ4n) is 5.19. The molecule has 42 heavy (non-hydrogen) atoms. The summed E-state index contributed by atoms with van der Waals surface area (Å²) in [6.45, 7) is 7.89. The predicted molar refractivity (Wildman–Crippen MR) is 165 cm³/mol. The van der Waals surface area contributed by atoms with Crippen LogP contribution < -0.4 is 20.1 Å². The van der Waals surface area contributed by atoms with Crippen LogP contribution in [0.3, 0.4) is 0 Å². The maximum absolute atomic E-state index is 14.1. The second-order valence-electron chi connectivity index (χ2n) is 10.6. The zero-order valence-electron chi connectivity index (χ0n) is 24.8. The molecule has 2 atom stereocenters. The molecule has 0 amide bonds. The Hall–Kier alpha value is -3.69. The average molecular weight is 593 g/mol. The summed E-state index contributed by atoms with van der Waals surface area (Å²) in [6, 6.07) is 17.6. The summed E-state index contributed by atoms with van der Waals surface area (Å²) >= 11 is 0. The highest BCUT2D eigenvalue weighted by Crippen LogP contribution is 2.31. The number of unbranched alkanes of at least 4 members (excludes halogenated alkanes) is 2. The summed E-state index contributed by atoms with van der Waals surface area (Å²) < 4.78 is 40.4. The normalized spacial score (nSPS) is 15.7. The van der Waals surface area contributed by atoms with E-state index in [-0.39, 0.29) is 27.8 Å². The number of carbonyl (C=O) groups is 2. The Morgan fingerprint density at radius 3 is 2.12 bits per heavy atom. The summed E-state index contributed by atoms with van der Waals surface area (Å²) in [5, 5.41) is 0.102. The van der Waals surface area contributed by atoms with Crippen molar-refractivity contribution in [3.05, 3.63) is 82.4 Å². The highest BCUT2D eigenvalue weighted by molar-refractivity contribution is 7.92. The fraction of sp³-hybridized carbons (Fsp3) is 0.394. The Balaban J connectivity index is 1.96. The molecule has 9 heteroatoms. The minimum atomic E-state index is -3.84. The van der Waals surface area contributed by atoms with E-state index < -0.39 is 33.7 Å². The molecule has 3 aromatic rings. The molecule has 2 aromatic carbocycles. The zero-order chi connectivity index (χ0) is 30.3. The summed E-state index contributed by atoms with van der Waals surface area (Å²) in [4.78, 5) is 30.3. The monoisotopic (exact) mass is 592 g/mol. The number of fused-ring (bicyclic) bond motifs is 1. The van der Waals surface area contributed by atoms with Crippen LogP contribution in [0.4, 0.5) is 5.69 Å². The number of sulfonamides is 1. The van der Waals surface area contributed by atoms with E-state index in [1.165, 1.54) is 0 Å². The number of furan rings is 1. The van der Waals surface area contributed by atoms with E-state index in [9.17, 15) is 18.0 Å². The second kappa shape index (κ2) is 14.0. The van der Waals surface area contributed by atoms with E-state index in [1.54, 1.807) is 36.4 Å². The van der Waals surface area contributed by atoms with Crippen LogP contribution >= 0.6 is 0 Å². The minimum absolute atomic E-state index is 0.0349. The summed E-state index contributed by atoms with van der Waals surface area (Å²) in [5.74, 6) is -1.81. The van der Waals surface area contributed by atoms with Gasteiger partial charge in [-0.25, -0.2) is 8.42 Å². The van der Waals surface area contributed by atoms with E-state index in [0.29, 0.717) is 17.5 Å². The number of ether oxygens (including phenoxy) is 1. The number of anilines is 1. The molecule has 0 aliphatic heterocycles. The van der Waals surface area contributed by atoms with Crippen molar-refractivity contribution in [2.45, 2.75) is 65.0 Å². The van der Waals surface area contributed by atoms with Crippen molar-refractivity contribution in [1.82, 2.24) is 4.90 Å². The number of nitrogens with one attached hydrogen (secondary N) is 1. The Bertz CT molecular complexity index is 1610. The lowest BCUT2D eigenvalue weighted by Gasteiger charge is -2.30. The number of rotatable bonds is 15. The van der Waals surface area contributed by atoms with E-state index in [1.807, 2.05) is 37.3 Å². The third-order valence-corrected chi connectivity index (χ3v) is 7.88. The first kappa shape index (κ1) is 31.3. The van der Waals surface area contributed by atoms with Crippen LogP contribution in [0.2, 0.25) is 0 Å². The molecule has 0 saturated heterocycles. The Kier molecular flexibility index (Phi) is 10.4. The molecule has 0 bridgehead atoms. The maximum atomic E-state index is 14.1. The number of ketones is 2. The van der Waals surface area contributed by atoms with E-state index in [0.717, 1.165) is 45.0 Å². The molecule has 2 unspecified atom stereocenters. The molecule has 0 saturated carbocycles. The van der Waals surface area contributed by atoms with Crippen LogP contribution in [-0.2, 0) is 14.8 Å². The lowest BCUT2D eigenvalue weighted by molar-refractivity contribution is -0.114. The first-order valence-corrected chi connectivity index (χ1v) is 16.5. The number of nitrogens with zero attached hydrogens (tertiary/aromatic N) is 1. The van der Waals surface area contributed by atoms with E-state index >= 15 is 0 Å². The van der Waals surface area contributed by atoms with Crippen molar-refractivity contribution < 1.29 is 27.2 Å². The van der Waals surface area contributed by atoms with Crippen LogP contribution in [0, 0.1) is 0 Å². The van der Waals surface area contributed by atoms with Gasteiger partial charge in [0.05, 0.1) is 23.0 Å².